The number of benzene rings is 1. The van der Waals surface area contributed by atoms with Gasteiger partial charge >= 0.3 is 0 Å². The van der Waals surface area contributed by atoms with Crippen LogP contribution in [0.1, 0.15) is 36.0 Å². The van der Waals surface area contributed by atoms with Gasteiger partial charge < -0.3 is 4.42 Å². The van der Waals surface area contributed by atoms with E-state index in [1.807, 2.05) is 0 Å². The van der Waals surface area contributed by atoms with Gasteiger partial charge in [0.15, 0.2) is 12.2 Å². The van der Waals surface area contributed by atoms with E-state index in [2.05, 4.69) is 15.8 Å². The first-order chi connectivity index (χ1) is 10.7. The van der Waals surface area contributed by atoms with Gasteiger partial charge in [-0.3, -0.25) is 20.4 Å². The zero-order valence-electron chi connectivity index (χ0n) is 12.0. The Kier molecular flexibility index (Phi) is 4.18. The van der Waals surface area contributed by atoms with Crippen molar-refractivity contribution < 1.29 is 14.0 Å². The zero-order chi connectivity index (χ0) is 15.4. The van der Waals surface area contributed by atoms with E-state index in [0.29, 0.717) is 11.3 Å². The van der Waals surface area contributed by atoms with Gasteiger partial charge in [-0.15, -0.1) is 0 Å². The Hall–Kier alpha value is -2.63. The molecule has 1 fully saturated rings. The molecule has 22 heavy (non-hydrogen) atoms. The molecule has 3 rings (SSSR count). The first-order valence-electron chi connectivity index (χ1n) is 7.33. The number of carbonyl (C=O) groups excluding carboxylic acids is 2. The Labute approximate surface area is 127 Å². The summed E-state index contributed by atoms with van der Waals surface area (Å²) in [5.74, 6) is 0.218. The van der Waals surface area contributed by atoms with E-state index < -0.39 is 0 Å². The third-order valence-electron chi connectivity index (χ3n) is 3.89. The van der Waals surface area contributed by atoms with Gasteiger partial charge in [0, 0.05) is 17.0 Å². The lowest BCUT2D eigenvalue weighted by Crippen LogP contribution is -2.44. The van der Waals surface area contributed by atoms with Gasteiger partial charge in [-0.1, -0.05) is 25.0 Å². The SMILES string of the molecule is O=C(NNC(=O)C1CCCC1)c1ccc(-c2cnco2)cc1. The fourth-order valence-electron chi connectivity index (χ4n) is 2.62. The van der Waals surface area contributed by atoms with Crippen LogP contribution in [0.5, 0.6) is 0 Å². The summed E-state index contributed by atoms with van der Waals surface area (Å²) >= 11 is 0. The molecule has 2 amide bonds. The smallest absolute Gasteiger partial charge is 0.269 e. The van der Waals surface area contributed by atoms with Gasteiger partial charge in [0.25, 0.3) is 5.91 Å². The van der Waals surface area contributed by atoms with Crippen molar-refractivity contribution in [1.82, 2.24) is 15.8 Å². The van der Waals surface area contributed by atoms with Crippen LogP contribution in [-0.2, 0) is 4.79 Å². The van der Waals surface area contributed by atoms with Gasteiger partial charge in [0.05, 0.1) is 6.20 Å². The van der Waals surface area contributed by atoms with E-state index in [1.165, 1.54) is 6.39 Å². The normalized spacial score (nSPS) is 14.7. The summed E-state index contributed by atoms with van der Waals surface area (Å²) in [4.78, 5) is 27.7. The van der Waals surface area contributed by atoms with Crippen LogP contribution < -0.4 is 10.9 Å². The number of hydrogen-bond donors (Lipinski definition) is 2. The molecule has 1 aliphatic carbocycles. The van der Waals surface area contributed by atoms with Crippen molar-refractivity contribution in [3.63, 3.8) is 0 Å². The predicted octanol–water partition coefficient (Wildman–Crippen LogP) is 2.29. The highest BCUT2D eigenvalue weighted by Crippen LogP contribution is 2.24. The lowest BCUT2D eigenvalue weighted by atomic mass is 10.1. The average molecular weight is 299 g/mol. The number of nitrogens with one attached hydrogen (secondary N) is 2. The highest BCUT2D eigenvalue weighted by molar-refractivity contribution is 5.95. The van der Waals surface area contributed by atoms with Gasteiger partial charge in [-0.05, 0) is 25.0 Å². The Morgan fingerprint density at radius 1 is 1.09 bits per heavy atom. The average Bonchev–Trinajstić information content (AvgIpc) is 3.25. The minimum atomic E-state index is -0.338. The molecular weight excluding hydrogens is 282 g/mol. The maximum absolute atomic E-state index is 12.0. The second kappa shape index (κ2) is 6.43. The largest absolute Gasteiger partial charge is 0.444 e. The van der Waals surface area contributed by atoms with E-state index in [-0.39, 0.29) is 17.7 Å². The molecular formula is C16H17N3O3. The molecule has 0 bridgehead atoms. The summed E-state index contributed by atoms with van der Waals surface area (Å²) in [5, 5.41) is 0. The molecule has 114 valence electrons. The third-order valence-corrected chi connectivity index (χ3v) is 3.89. The van der Waals surface area contributed by atoms with Crippen LogP contribution in [0, 0.1) is 5.92 Å². The summed E-state index contributed by atoms with van der Waals surface area (Å²) in [7, 11) is 0. The van der Waals surface area contributed by atoms with Crippen LogP contribution in [-0.4, -0.2) is 16.8 Å². The minimum absolute atomic E-state index is 0.0223. The number of carbonyl (C=O) groups is 2. The molecule has 6 nitrogen and oxygen atoms in total. The molecule has 6 heteroatoms. The number of amides is 2. The van der Waals surface area contributed by atoms with Crippen LogP contribution in [0.3, 0.4) is 0 Å². The van der Waals surface area contributed by atoms with Crippen LogP contribution in [0.15, 0.2) is 41.3 Å². The Morgan fingerprint density at radius 3 is 2.45 bits per heavy atom. The molecule has 1 aliphatic rings. The third kappa shape index (κ3) is 3.16. The first-order valence-corrected chi connectivity index (χ1v) is 7.33. The summed E-state index contributed by atoms with van der Waals surface area (Å²) in [5.41, 5.74) is 6.26. The second-order valence-corrected chi connectivity index (χ2v) is 5.37. The topological polar surface area (TPSA) is 84.2 Å². The van der Waals surface area contributed by atoms with E-state index >= 15 is 0 Å². The van der Waals surface area contributed by atoms with Crippen LogP contribution in [0.25, 0.3) is 11.3 Å². The van der Waals surface area contributed by atoms with Crippen LogP contribution in [0.4, 0.5) is 0 Å². The van der Waals surface area contributed by atoms with Crippen molar-refractivity contribution in [3.05, 3.63) is 42.4 Å². The molecule has 0 saturated heterocycles. The molecule has 2 N–H and O–H groups in total. The predicted molar refractivity (Wildman–Crippen MR) is 79.5 cm³/mol. The maximum Gasteiger partial charge on any atom is 0.269 e. The quantitative estimate of drug-likeness (QED) is 0.852. The number of oxazole rings is 1. The molecule has 1 aromatic heterocycles. The van der Waals surface area contributed by atoms with Crippen molar-refractivity contribution in [1.29, 1.82) is 0 Å². The summed E-state index contributed by atoms with van der Waals surface area (Å²) < 4.78 is 5.19. The van der Waals surface area contributed by atoms with Gasteiger partial charge in [-0.25, -0.2) is 4.98 Å². The second-order valence-electron chi connectivity index (χ2n) is 5.37. The monoisotopic (exact) mass is 299 g/mol. The van der Waals surface area contributed by atoms with E-state index in [0.717, 1.165) is 31.2 Å². The number of nitrogens with zero attached hydrogens (tertiary/aromatic N) is 1. The van der Waals surface area contributed by atoms with Crippen molar-refractivity contribution in [3.8, 4) is 11.3 Å². The highest BCUT2D eigenvalue weighted by Gasteiger charge is 2.22. The van der Waals surface area contributed by atoms with Crippen molar-refractivity contribution in [2.75, 3.05) is 0 Å². The Bertz CT molecular complexity index is 644. The Morgan fingerprint density at radius 2 is 1.82 bits per heavy atom. The molecule has 1 heterocycles. The number of hydrogen-bond acceptors (Lipinski definition) is 4. The fraction of sp³-hybridized carbons (Fsp3) is 0.312. The molecule has 2 aromatic rings. The van der Waals surface area contributed by atoms with Crippen molar-refractivity contribution >= 4 is 11.8 Å². The summed E-state index contributed by atoms with van der Waals surface area (Å²) in [6.07, 6.45) is 6.91. The number of rotatable bonds is 3. The highest BCUT2D eigenvalue weighted by atomic mass is 16.3. The molecule has 0 atom stereocenters. The maximum atomic E-state index is 12.0. The summed E-state index contributed by atoms with van der Waals surface area (Å²) in [6.45, 7) is 0. The van der Waals surface area contributed by atoms with Crippen molar-refractivity contribution in [2.45, 2.75) is 25.7 Å². The van der Waals surface area contributed by atoms with E-state index in [9.17, 15) is 9.59 Å². The lowest BCUT2D eigenvalue weighted by molar-refractivity contribution is -0.125. The lowest BCUT2D eigenvalue weighted by Gasteiger charge is -2.11. The first kappa shape index (κ1) is 14.3. The van der Waals surface area contributed by atoms with Crippen LogP contribution >= 0.6 is 0 Å². The number of aromatic nitrogens is 1. The standard InChI is InChI=1S/C16H17N3O3/c20-15(12-3-1-2-4-12)18-19-16(21)13-7-5-11(6-8-13)14-9-17-10-22-14/h5-10,12H,1-4H2,(H,18,20)(H,19,21). The van der Waals surface area contributed by atoms with Gasteiger partial charge in [0.1, 0.15) is 0 Å². The molecule has 1 aromatic carbocycles. The molecule has 0 radical (unpaired) electrons. The molecule has 1 saturated carbocycles. The van der Waals surface area contributed by atoms with Crippen LogP contribution in [0.2, 0.25) is 0 Å². The minimum Gasteiger partial charge on any atom is -0.444 e. The Balaban J connectivity index is 1.57. The molecule has 0 unspecified atom stereocenters. The van der Waals surface area contributed by atoms with E-state index in [1.54, 1.807) is 30.5 Å². The van der Waals surface area contributed by atoms with Crippen molar-refractivity contribution in [2.24, 2.45) is 5.92 Å². The fourth-order valence-corrected chi connectivity index (χ4v) is 2.62. The van der Waals surface area contributed by atoms with E-state index in [4.69, 9.17) is 4.42 Å². The molecule has 0 aliphatic heterocycles. The number of hydrazine groups is 1. The molecule has 0 spiro atoms. The summed E-state index contributed by atoms with van der Waals surface area (Å²) in [6, 6.07) is 6.90. The van der Waals surface area contributed by atoms with Gasteiger partial charge in [0.2, 0.25) is 5.91 Å². The van der Waals surface area contributed by atoms with Gasteiger partial charge in [-0.2, -0.15) is 0 Å². The zero-order valence-corrected chi connectivity index (χ0v) is 12.0.